The van der Waals surface area contributed by atoms with Crippen LogP contribution in [0.5, 0.6) is 0 Å². The number of anilines is 2. The zero-order valence-electron chi connectivity index (χ0n) is 8.21. The smallest absolute Gasteiger partial charge is 0.125 e. The molecule has 0 fully saturated rings. The SMILES string of the molecule is Cc1[nH]nc(-c2ccc(F)cc2N)c1N. The highest BCUT2D eigenvalue weighted by Crippen LogP contribution is 2.30. The summed E-state index contributed by atoms with van der Waals surface area (Å²) >= 11 is 0. The predicted octanol–water partition coefficient (Wildman–Crippen LogP) is 1.69. The molecular weight excluding hydrogens is 195 g/mol. The number of halogens is 1. The minimum Gasteiger partial charge on any atom is -0.398 e. The second-order valence-electron chi connectivity index (χ2n) is 3.34. The summed E-state index contributed by atoms with van der Waals surface area (Å²) in [6, 6.07) is 4.14. The van der Waals surface area contributed by atoms with Gasteiger partial charge in [0.25, 0.3) is 0 Å². The van der Waals surface area contributed by atoms with Crippen LogP contribution in [0.4, 0.5) is 15.8 Å². The number of nitrogen functional groups attached to an aromatic ring is 2. The molecule has 0 spiro atoms. The molecule has 78 valence electrons. The summed E-state index contributed by atoms with van der Waals surface area (Å²) in [4.78, 5) is 0. The number of aryl methyl sites for hydroxylation is 1. The topological polar surface area (TPSA) is 80.7 Å². The van der Waals surface area contributed by atoms with Crippen molar-refractivity contribution >= 4 is 11.4 Å². The third kappa shape index (κ3) is 1.52. The number of nitrogens with two attached hydrogens (primary N) is 2. The van der Waals surface area contributed by atoms with E-state index in [-0.39, 0.29) is 5.82 Å². The summed E-state index contributed by atoms with van der Waals surface area (Å²) in [5.41, 5.74) is 14.3. The molecule has 0 aliphatic rings. The summed E-state index contributed by atoms with van der Waals surface area (Å²) in [5.74, 6) is -0.373. The van der Waals surface area contributed by atoms with Crippen molar-refractivity contribution in [2.24, 2.45) is 0 Å². The van der Waals surface area contributed by atoms with Crippen LogP contribution in [0.3, 0.4) is 0 Å². The lowest BCUT2D eigenvalue weighted by Gasteiger charge is -2.03. The lowest BCUT2D eigenvalue weighted by Crippen LogP contribution is -1.94. The molecule has 0 atom stereocenters. The van der Waals surface area contributed by atoms with Gasteiger partial charge in [0.1, 0.15) is 11.5 Å². The Morgan fingerprint density at radius 1 is 1.33 bits per heavy atom. The van der Waals surface area contributed by atoms with Crippen molar-refractivity contribution in [1.29, 1.82) is 0 Å². The molecule has 5 N–H and O–H groups in total. The third-order valence-electron chi connectivity index (χ3n) is 2.26. The predicted molar refractivity (Wildman–Crippen MR) is 57.5 cm³/mol. The van der Waals surface area contributed by atoms with E-state index in [0.29, 0.717) is 22.6 Å². The lowest BCUT2D eigenvalue weighted by atomic mass is 10.1. The van der Waals surface area contributed by atoms with E-state index in [0.717, 1.165) is 5.69 Å². The van der Waals surface area contributed by atoms with E-state index in [1.807, 2.05) is 6.92 Å². The van der Waals surface area contributed by atoms with E-state index >= 15 is 0 Å². The van der Waals surface area contributed by atoms with Gasteiger partial charge < -0.3 is 11.5 Å². The van der Waals surface area contributed by atoms with Crippen LogP contribution in [0.1, 0.15) is 5.69 Å². The molecular formula is C10H11FN4. The third-order valence-corrected chi connectivity index (χ3v) is 2.26. The van der Waals surface area contributed by atoms with Crippen molar-refractivity contribution in [2.45, 2.75) is 6.92 Å². The van der Waals surface area contributed by atoms with Crippen molar-refractivity contribution in [1.82, 2.24) is 10.2 Å². The number of H-pyrrole nitrogens is 1. The maximum atomic E-state index is 12.8. The van der Waals surface area contributed by atoms with Gasteiger partial charge in [0, 0.05) is 11.3 Å². The minimum absolute atomic E-state index is 0.327. The van der Waals surface area contributed by atoms with E-state index < -0.39 is 0 Å². The average molecular weight is 206 g/mol. The maximum Gasteiger partial charge on any atom is 0.125 e. The maximum absolute atomic E-state index is 12.8. The Hall–Kier alpha value is -2.04. The number of rotatable bonds is 1. The molecule has 0 bridgehead atoms. The van der Waals surface area contributed by atoms with E-state index in [1.54, 1.807) is 6.07 Å². The van der Waals surface area contributed by atoms with Crippen LogP contribution in [-0.4, -0.2) is 10.2 Å². The highest BCUT2D eigenvalue weighted by atomic mass is 19.1. The fourth-order valence-electron chi connectivity index (χ4n) is 1.39. The van der Waals surface area contributed by atoms with Gasteiger partial charge in [-0.1, -0.05) is 0 Å². The first-order valence-corrected chi connectivity index (χ1v) is 4.45. The molecule has 5 heteroatoms. The van der Waals surface area contributed by atoms with Crippen LogP contribution in [0.25, 0.3) is 11.3 Å². The molecule has 1 aromatic carbocycles. The summed E-state index contributed by atoms with van der Waals surface area (Å²) in [6.07, 6.45) is 0. The average Bonchev–Trinajstić information content (AvgIpc) is 2.49. The van der Waals surface area contributed by atoms with Gasteiger partial charge in [-0.3, -0.25) is 5.10 Å². The Labute approximate surface area is 86.1 Å². The zero-order valence-corrected chi connectivity index (χ0v) is 8.21. The number of benzene rings is 1. The molecule has 0 aliphatic heterocycles. The quantitative estimate of drug-likeness (QED) is 0.621. The van der Waals surface area contributed by atoms with E-state index in [4.69, 9.17) is 11.5 Å². The molecule has 0 saturated heterocycles. The van der Waals surface area contributed by atoms with Crippen molar-refractivity contribution in [3.05, 3.63) is 29.7 Å². The van der Waals surface area contributed by atoms with E-state index in [9.17, 15) is 4.39 Å². The van der Waals surface area contributed by atoms with Gasteiger partial charge in [0.15, 0.2) is 0 Å². The Bertz CT molecular complexity index is 504. The van der Waals surface area contributed by atoms with Crippen LogP contribution < -0.4 is 11.5 Å². The van der Waals surface area contributed by atoms with Gasteiger partial charge in [0.05, 0.1) is 11.4 Å². The number of aromatic nitrogens is 2. The highest BCUT2D eigenvalue weighted by molar-refractivity contribution is 5.82. The second-order valence-corrected chi connectivity index (χ2v) is 3.34. The molecule has 0 amide bonds. The van der Waals surface area contributed by atoms with Gasteiger partial charge in [-0.2, -0.15) is 5.10 Å². The molecule has 2 rings (SSSR count). The van der Waals surface area contributed by atoms with Crippen molar-refractivity contribution in [3.63, 3.8) is 0 Å². The highest BCUT2D eigenvalue weighted by Gasteiger charge is 2.11. The van der Waals surface area contributed by atoms with Gasteiger partial charge in [0.2, 0.25) is 0 Å². The van der Waals surface area contributed by atoms with Crippen molar-refractivity contribution in [3.8, 4) is 11.3 Å². The standard InChI is InChI=1S/C10H11FN4/c1-5-9(13)10(15-14-5)7-3-2-6(11)4-8(7)12/h2-4H,12-13H2,1H3,(H,14,15). The lowest BCUT2D eigenvalue weighted by molar-refractivity contribution is 0.628. The molecule has 0 aliphatic carbocycles. The molecule has 0 unspecified atom stereocenters. The van der Waals surface area contributed by atoms with Crippen LogP contribution in [0.15, 0.2) is 18.2 Å². The molecule has 4 nitrogen and oxygen atoms in total. The number of nitrogens with zero attached hydrogens (tertiary/aromatic N) is 1. The van der Waals surface area contributed by atoms with Crippen LogP contribution in [0, 0.1) is 12.7 Å². The monoisotopic (exact) mass is 206 g/mol. The zero-order chi connectivity index (χ0) is 11.0. The second kappa shape index (κ2) is 3.27. The van der Waals surface area contributed by atoms with Crippen molar-refractivity contribution in [2.75, 3.05) is 11.5 Å². The molecule has 1 aromatic heterocycles. The number of hydrogen-bond acceptors (Lipinski definition) is 3. The Balaban J connectivity index is 2.59. The molecule has 1 heterocycles. The number of nitrogens with one attached hydrogen (secondary N) is 1. The summed E-state index contributed by atoms with van der Waals surface area (Å²) in [6.45, 7) is 1.81. The van der Waals surface area contributed by atoms with Gasteiger partial charge in [-0.15, -0.1) is 0 Å². The first-order chi connectivity index (χ1) is 7.09. The summed E-state index contributed by atoms with van der Waals surface area (Å²) in [5, 5.41) is 6.78. The number of hydrogen-bond donors (Lipinski definition) is 3. The number of aromatic amines is 1. The molecule has 0 radical (unpaired) electrons. The first-order valence-electron chi connectivity index (χ1n) is 4.45. The van der Waals surface area contributed by atoms with Gasteiger partial charge >= 0.3 is 0 Å². The molecule has 15 heavy (non-hydrogen) atoms. The van der Waals surface area contributed by atoms with Gasteiger partial charge in [-0.25, -0.2) is 4.39 Å². The summed E-state index contributed by atoms with van der Waals surface area (Å²) in [7, 11) is 0. The Morgan fingerprint density at radius 3 is 2.60 bits per heavy atom. The fourth-order valence-corrected chi connectivity index (χ4v) is 1.39. The first kappa shape index (κ1) is 9.51. The van der Waals surface area contributed by atoms with Crippen LogP contribution >= 0.6 is 0 Å². The van der Waals surface area contributed by atoms with Crippen LogP contribution in [0.2, 0.25) is 0 Å². The Kier molecular flexibility index (Phi) is 2.07. The largest absolute Gasteiger partial charge is 0.398 e. The van der Waals surface area contributed by atoms with Gasteiger partial charge in [-0.05, 0) is 25.1 Å². The van der Waals surface area contributed by atoms with Crippen LogP contribution in [-0.2, 0) is 0 Å². The Morgan fingerprint density at radius 2 is 2.07 bits per heavy atom. The minimum atomic E-state index is -0.373. The van der Waals surface area contributed by atoms with E-state index in [2.05, 4.69) is 10.2 Å². The molecule has 0 saturated carbocycles. The van der Waals surface area contributed by atoms with E-state index in [1.165, 1.54) is 12.1 Å². The summed E-state index contributed by atoms with van der Waals surface area (Å²) < 4.78 is 12.8. The molecule has 2 aromatic rings. The normalized spacial score (nSPS) is 10.5. The fraction of sp³-hybridized carbons (Fsp3) is 0.100. The van der Waals surface area contributed by atoms with Crippen molar-refractivity contribution < 1.29 is 4.39 Å².